The zero-order valence-corrected chi connectivity index (χ0v) is 13.5. The first-order valence-corrected chi connectivity index (χ1v) is 7.38. The van der Waals surface area contributed by atoms with E-state index in [9.17, 15) is 5.11 Å². The quantitative estimate of drug-likeness (QED) is 0.846. The molecule has 22 heavy (non-hydrogen) atoms. The normalized spacial score (nSPS) is 12.9. The fraction of sp³-hybridized carbons (Fsp3) is 0.500. The second-order valence-electron chi connectivity index (χ2n) is 5.62. The largest absolute Gasteiger partial charge is 0.497 e. The molecule has 0 aliphatic heterocycles. The number of aliphatic hydroxyl groups excluding tert-OH is 1. The van der Waals surface area contributed by atoms with Gasteiger partial charge in [0, 0.05) is 18.2 Å². The summed E-state index contributed by atoms with van der Waals surface area (Å²) in [5.41, 5.74) is 0.853. The zero-order chi connectivity index (χ0) is 16.1. The number of benzene rings is 1. The summed E-state index contributed by atoms with van der Waals surface area (Å²) in [7, 11) is 1.63. The lowest BCUT2D eigenvalue weighted by atomic mass is 10.2. The molecule has 1 aromatic heterocycles. The van der Waals surface area contributed by atoms with E-state index < -0.39 is 6.10 Å². The van der Waals surface area contributed by atoms with Crippen LogP contribution in [0.5, 0.6) is 5.75 Å². The number of nitrogens with zero attached hydrogens (tertiary/aromatic N) is 3. The van der Waals surface area contributed by atoms with Crippen LogP contribution < -0.4 is 4.74 Å². The molecular formula is C16H23N3O3. The van der Waals surface area contributed by atoms with Crippen molar-refractivity contribution < 1.29 is 14.4 Å². The third-order valence-corrected chi connectivity index (χ3v) is 3.38. The van der Waals surface area contributed by atoms with Gasteiger partial charge in [0.25, 0.3) is 5.89 Å². The molecule has 0 saturated heterocycles. The van der Waals surface area contributed by atoms with Gasteiger partial charge in [0.15, 0.2) is 5.82 Å². The Kier molecular flexibility index (Phi) is 5.51. The molecule has 6 nitrogen and oxygen atoms in total. The van der Waals surface area contributed by atoms with Crippen molar-refractivity contribution in [1.29, 1.82) is 0 Å². The van der Waals surface area contributed by atoms with Crippen LogP contribution in [0.1, 0.15) is 26.6 Å². The number of ether oxygens (including phenoxy) is 1. The maximum Gasteiger partial charge on any atom is 0.257 e. The molecule has 1 N–H and O–H groups in total. The topological polar surface area (TPSA) is 71.6 Å². The van der Waals surface area contributed by atoms with Crippen LogP contribution in [0.2, 0.25) is 0 Å². The summed E-state index contributed by atoms with van der Waals surface area (Å²) in [6.07, 6.45) is -0.393. The third-order valence-electron chi connectivity index (χ3n) is 3.38. The highest BCUT2D eigenvalue weighted by Gasteiger charge is 2.16. The molecule has 0 aliphatic carbocycles. The van der Waals surface area contributed by atoms with Crippen molar-refractivity contribution in [3.05, 3.63) is 30.1 Å². The van der Waals surface area contributed by atoms with Gasteiger partial charge in [-0.05, 0) is 45.0 Å². The summed E-state index contributed by atoms with van der Waals surface area (Å²) in [6, 6.07) is 7.76. The van der Waals surface area contributed by atoms with Gasteiger partial charge in [-0.15, -0.1) is 0 Å². The second kappa shape index (κ2) is 7.38. The molecule has 1 atom stereocenters. The predicted molar refractivity (Wildman–Crippen MR) is 83.5 cm³/mol. The summed E-state index contributed by atoms with van der Waals surface area (Å²) in [5.74, 6) is 1.88. The molecular weight excluding hydrogens is 282 g/mol. The van der Waals surface area contributed by atoms with Crippen LogP contribution in [-0.4, -0.2) is 45.9 Å². The Morgan fingerprint density at radius 1 is 1.23 bits per heavy atom. The summed E-state index contributed by atoms with van der Waals surface area (Å²) in [5, 5.41) is 13.6. The molecule has 0 bridgehead atoms. The highest BCUT2D eigenvalue weighted by atomic mass is 16.5. The Labute approximate surface area is 130 Å². The van der Waals surface area contributed by atoms with Crippen LogP contribution in [0.4, 0.5) is 0 Å². The van der Waals surface area contributed by atoms with E-state index >= 15 is 0 Å². The molecule has 0 spiro atoms. The van der Waals surface area contributed by atoms with E-state index in [0.29, 0.717) is 24.8 Å². The molecule has 1 unspecified atom stereocenters. The SMILES string of the molecule is COc1ccc(-c2nc(CN(CC(C)O)C(C)C)no2)cc1. The number of rotatable bonds is 7. The number of aliphatic hydroxyl groups is 1. The van der Waals surface area contributed by atoms with Gasteiger partial charge in [0.2, 0.25) is 0 Å². The van der Waals surface area contributed by atoms with Crippen molar-refractivity contribution in [3.8, 4) is 17.2 Å². The van der Waals surface area contributed by atoms with E-state index in [-0.39, 0.29) is 6.04 Å². The van der Waals surface area contributed by atoms with Gasteiger partial charge in [0.1, 0.15) is 5.75 Å². The fourth-order valence-electron chi connectivity index (χ4n) is 2.15. The van der Waals surface area contributed by atoms with Crippen molar-refractivity contribution in [3.63, 3.8) is 0 Å². The predicted octanol–water partition coefficient (Wildman–Crippen LogP) is 2.34. The lowest BCUT2D eigenvalue weighted by Gasteiger charge is -2.26. The Bertz CT molecular complexity index is 579. The van der Waals surface area contributed by atoms with Crippen LogP contribution in [0.3, 0.4) is 0 Å². The summed E-state index contributed by atoms with van der Waals surface area (Å²) < 4.78 is 10.4. The molecule has 0 saturated carbocycles. The minimum atomic E-state index is -0.393. The minimum Gasteiger partial charge on any atom is -0.497 e. The molecule has 0 aliphatic rings. The number of hydrogen-bond donors (Lipinski definition) is 1. The Morgan fingerprint density at radius 2 is 1.91 bits per heavy atom. The first-order chi connectivity index (χ1) is 10.5. The average molecular weight is 305 g/mol. The van der Waals surface area contributed by atoms with Crippen molar-refractivity contribution in [2.45, 2.75) is 39.5 Å². The molecule has 6 heteroatoms. The smallest absolute Gasteiger partial charge is 0.257 e. The van der Waals surface area contributed by atoms with E-state index in [1.807, 2.05) is 24.3 Å². The van der Waals surface area contributed by atoms with Gasteiger partial charge >= 0.3 is 0 Å². The first kappa shape index (κ1) is 16.5. The number of hydrogen-bond acceptors (Lipinski definition) is 6. The lowest BCUT2D eigenvalue weighted by Crippen LogP contribution is -2.36. The maximum atomic E-state index is 9.56. The highest BCUT2D eigenvalue weighted by Crippen LogP contribution is 2.21. The maximum absolute atomic E-state index is 9.56. The number of aromatic nitrogens is 2. The van der Waals surface area contributed by atoms with E-state index in [4.69, 9.17) is 9.26 Å². The van der Waals surface area contributed by atoms with E-state index in [1.54, 1.807) is 14.0 Å². The van der Waals surface area contributed by atoms with Crippen molar-refractivity contribution in [2.24, 2.45) is 0 Å². The molecule has 0 radical (unpaired) electrons. The van der Waals surface area contributed by atoms with E-state index in [0.717, 1.165) is 11.3 Å². The van der Waals surface area contributed by atoms with E-state index in [1.165, 1.54) is 0 Å². The van der Waals surface area contributed by atoms with Crippen LogP contribution in [0.15, 0.2) is 28.8 Å². The summed E-state index contributed by atoms with van der Waals surface area (Å²) >= 11 is 0. The standard InChI is InChI=1S/C16H23N3O3/c1-11(2)19(9-12(3)20)10-15-17-16(22-18-15)13-5-7-14(21-4)8-6-13/h5-8,11-12,20H,9-10H2,1-4H3. The molecule has 1 heterocycles. The second-order valence-corrected chi connectivity index (χ2v) is 5.62. The third kappa shape index (κ3) is 4.29. The lowest BCUT2D eigenvalue weighted by molar-refractivity contribution is 0.100. The van der Waals surface area contributed by atoms with Gasteiger partial charge in [-0.2, -0.15) is 4.98 Å². The van der Waals surface area contributed by atoms with Crippen LogP contribution in [-0.2, 0) is 6.54 Å². The Morgan fingerprint density at radius 3 is 2.45 bits per heavy atom. The molecule has 2 aromatic rings. The minimum absolute atomic E-state index is 0.289. The number of methoxy groups -OCH3 is 1. The molecule has 120 valence electrons. The summed E-state index contributed by atoms with van der Waals surface area (Å²) in [6.45, 7) is 7.04. The Hall–Kier alpha value is -1.92. The van der Waals surface area contributed by atoms with Crippen molar-refractivity contribution in [2.75, 3.05) is 13.7 Å². The van der Waals surface area contributed by atoms with Gasteiger partial charge in [-0.25, -0.2) is 0 Å². The van der Waals surface area contributed by atoms with Gasteiger partial charge in [-0.3, -0.25) is 4.90 Å². The molecule has 2 rings (SSSR count). The average Bonchev–Trinajstić information content (AvgIpc) is 2.94. The van der Waals surface area contributed by atoms with Gasteiger partial charge in [0.05, 0.1) is 19.8 Å². The molecule has 1 aromatic carbocycles. The molecule has 0 fully saturated rings. The fourth-order valence-corrected chi connectivity index (χ4v) is 2.15. The zero-order valence-electron chi connectivity index (χ0n) is 13.5. The Balaban J connectivity index is 2.09. The van der Waals surface area contributed by atoms with Crippen molar-refractivity contribution in [1.82, 2.24) is 15.0 Å². The van der Waals surface area contributed by atoms with Gasteiger partial charge in [-0.1, -0.05) is 5.16 Å². The summed E-state index contributed by atoms with van der Waals surface area (Å²) in [4.78, 5) is 6.53. The monoisotopic (exact) mass is 305 g/mol. The first-order valence-electron chi connectivity index (χ1n) is 7.38. The van der Waals surface area contributed by atoms with Crippen LogP contribution in [0.25, 0.3) is 11.5 Å². The molecule has 0 amide bonds. The van der Waals surface area contributed by atoms with Gasteiger partial charge < -0.3 is 14.4 Å². The van der Waals surface area contributed by atoms with Crippen LogP contribution in [0, 0.1) is 0 Å². The van der Waals surface area contributed by atoms with Crippen LogP contribution >= 0.6 is 0 Å². The van der Waals surface area contributed by atoms with E-state index in [2.05, 4.69) is 28.9 Å². The highest BCUT2D eigenvalue weighted by molar-refractivity contribution is 5.54. The van der Waals surface area contributed by atoms with Crippen molar-refractivity contribution >= 4 is 0 Å².